The molecular weight excluding hydrogens is 394 g/mol. The number of ether oxygens (including phenoxy) is 2. The van der Waals surface area contributed by atoms with Gasteiger partial charge in [-0.25, -0.2) is 4.79 Å². The summed E-state index contributed by atoms with van der Waals surface area (Å²) in [6.45, 7) is 13.2. The number of benzene rings is 1. The highest BCUT2D eigenvalue weighted by molar-refractivity contribution is 6.88. The average molecular weight is 426 g/mol. The summed E-state index contributed by atoms with van der Waals surface area (Å²) >= 11 is 0. The highest BCUT2D eigenvalue weighted by atomic mass is 28.3. The lowest BCUT2D eigenvalue weighted by Gasteiger charge is -2.20. The Morgan fingerprint density at radius 3 is 2.33 bits per heavy atom. The predicted molar refractivity (Wildman–Crippen MR) is 122 cm³/mol. The van der Waals surface area contributed by atoms with Gasteiger partial charge in [0.15, 0.2) is 11.9 Å². The van der Waals surface area contributed by atoms with Crippen molar-refractivity contribution < 1.29 is 14.3 Å². The maximum Gasteiger partial charge on any atom is 0.347 e. The van der Waals surface area contributed by atoms with Gasteiger partial charge in [0.2, 0.25) is 0 Å². The Balaban J connectivity index is 2.69. The number of hydrogen-bond donors (Lipinski definition) is 0. The van der Waals surface area contributed by atoms with Crippen molar-refractivity contribution in [1.29, 1.82) is 5.26 Å². The highest BCUT2D eigenvalue weighted by Gasteiger charge is 2.26. The van der Waals surface area contributed by atoms with Crippen molar-refractivity contribution in [1.82, 2.24) is 9.78 Å². The van der Waals surface area contributed by atoms with Crippen molar-refractivity contribution in [3.8, 4) is 6.07 Å². The molecule has 0 N–H and O–H groups in total. The summed E-state index contributed by atoms with van der Waals surface area (Å²) in [7, 11) is -0.129. The van der Waals surface area contributed by atoms with E-state index in [-0.39, 0.29) is 0 Å². The van der Waals surface area contributed by atoms with Gasteiger partial charge in [0.25, 0.3) is 0 Å². The van der Waals surface area contributed by atoms with Crippen molar-refractivity contribution in [2.45, 2.75) is 59.5 Å². The molecule has 0 fully saturated rings. The fourth-order valence-corrected chi connectivity index (χ4v) is 4.34. The first-order valence-electron chi connectivity index (χ1n) is 10.2. The van der Waals surface area contributed by atoms with Crippen molar-refractivity contribution in [3.63, 3.8) is 0 Å². The third-order valence-corrected chi connectivity index (χ3v) is 6.97. The van der Waals surface area contributed by atoms with Crippen LogP contribution in [0.25, 0.3) is 11.3 Å². The fraction of sp³-hybridized carbons (Fsp3) is 0.435. The average Bonchev–Trinajstić information content (AvgIpc) is 3.10. The molecule has 0 aliphatic rings. The number of aromatic nitrogens is 2. The molecule has 2 aromatic rings. The molecule has 0 saturated carbocycles. The van der Waals surface area contributed by atoms with Gasteiger partial charge in [-0.1, -0.05) is 56.0 Å². The number of rotatable bonds is 8. The second kappa shape index (κ2) is 9.77. The van der Waals surface area contributed by atoms with Crippen LogP contribution in [0.5, 0.6) is 0 Å². The SMILES string of the molecule is CCC(O/C(=C(/C#N)c1ccc([Si](C)(C)C)cc1)c1cc(C)nn1CC)C(=O)OC. The van der Waals surface area contributed by atoms with Gasteiger partial charge in [-0.15, -0.1) is 0 Å². The zero-order valence-corrected chi connectivity index (χ0v) is 19.9. The third-order valence-electron chi connectivity index (χ3n) is 4.91. The lowest BCUT2D eigenvalue weighted by Crippen LogP contribution is -2.37. The molecule has 0 spiro atoms. The Kier molecular flexibility index (Phi) is 7.63. The molecule has 0 saturated heterocycles. The smallest absolute Gasteiger partial charge is 0.347 e. The van der Waals surface area contributed by atoms with Gasteiger partial charge in [-0.3, -0.25) is 4.68 Å². The number of hydrogen-bond acceptors (Lipinski definition) is 5. The molecule has 1 unspecified atom stereocenters. The Labute approximate surface area is 180 Å². The lowest BCUT2D eigenvalue weighted by atomic mass is 10.0. The van der Waals surface area contributed by atoms with E-state index in [0.29, 0.717) is 30.0 Å². The van der Waals surface area contributed by atoms with Crippen LogP contribution < -0.4 is 5.19 Å². The van der Waals surface area contributed by atoms with Crippen LogP contribution >= 0.6 is 0 Å². The predicted octanol–water partition coefficient (Wildman–Crippen LogP) is 4.12. The van der Waals surface area contributed by atoms with Crippen molar-refractivity contribution in [2.75, 3.05) is 7.11 Å². The minimum Gasteiger partial charge on any atom is -0.475 e. The van der Waals surface area contributed by atoms with Crippen molar-refractivity contribution in [3.05, 3.63) is 47.3 Å². The first-order valence-corrected chi connectivity index (χ1v) is 13.7. The van der Waals surface area contributed by atoms with Crippen LogP contribution in [0, 0.1) is 18.3 Å². The van der Waals surface area contributed by atoms with Crippen LogP contribution in [0.3, 0.4) is 0 Å². The molecule has 1 heterocycles. The van der Waals surface area contributed by atoms with Gasteiger partial charge in [0.05, 0.1) is 20.9 Å². The maximum atomic E-state index is 12.2. The number of allylic oxidation sites excluding steroid dienone is 1. The van der Waals surface area contributed by atoms with Crippen LogP contribution in [0.4, 0.5) is 0 Å². The van der Waals surface area contributed by atoms with Gasteiger partial charge in [-0.2, -0.15) is 10.4 Å². The molecule has 0 radical (unpaired) electrons. The molecule has 0 amide bonds. The van der Waals surface area contributed by atoms with E-state index in [4.69, 9.17) is 9.47 Å². The summed E-state index contributed by atoms with van der Waals surface area (Å²) in [5.74, 6) is -0.126. The summed E-state index contributed by atoms with van der Waals surface area (Å²) in [5, 5.41) is 15.9. The zero-order valence-electron chi connectivity index (χ0n) is 18.9. The third kappa shape index (κ3) is 5.19. The van der Waals surface area contributed by atoms with E-state index in [0.717, 1.165) is 11.3 Å². The number of methoxy groups -OCH3 is 1. The Hall–Kier alpha value is -2.85. The molecule has 2 rings (SSSR count). The number of carbonyl (C=O) groups is 1. The fourth-order valence-electron chi connectivity index (χ4n) is 3.17. The van der Waals surface area contributed by atoms with Gasteiger partial charge in [0, 0.05) is 6.54 Å². The van der Waals surface area contributed by atoms with E-state index in [2.05, 4.69) is 42.9 Å². The number of aryl methyl sites for hydroxylation is 2. The molecule has 30 heavy (non-hydrogen) atoms. The molecule has 1 atom stereocenters. The van der Waals surface area contributed by atoms with Crippen LogP contribution in [-0.4, -0.2) is 37.0 Å². The first kappa shape index (κ1) is 23.4. The minimum atomic E-state index is -1.46. The summed E-state index contributed by atoms with van der Waals surface area (Å²) in [5.41, 5.74) is 2.60. The van der Waals surface area contributed by atoms with E-state index < -0.39 is 20.1 Å². The second-order valence-corrected chi connectivity index (χ2v) is 13.2. The van der Waals surface area contributed by atoms with E-state index in [1.165, 1.54) is 12.3 Å². The van der Waals surface area contributed by atoms with Gasteiger partial charge in [-0.05, 0) is 31.9 Å². The van der Waals surface area contributed by atoms with E-state index in [9.17, 15) is 10.1 Å². The second-order valence-electron chi connectivity index (χ2n) is 8.17. The van der Waals surface area contributed by atoms with Crippen molar-refractivity contribution in [2.24, 2.45) is 0 Å². The monoisotopic (exact) mass is 425 g/mol. The largest absolute Gasteiger partial charge is 0.475 e. The number of nitriles is 1. The molecule has 1 aromatic heterocycles. The van der Waals surface area contributed by atoms with E-state index in [1.54, 1.807) is 4.68 Å². The standard InChI is InChI=1S/C23H31N3O3Si/c1-8-21(23(27)28-4)29-22(20-14-16(3)25-26(20)9-2)19(15-24)17-10-12-18(13-11-17)30(5,6)7/h10-14,21H,8-9H2,1-7H3/b22-19-. The minimum absolute atomic E-state index is 0.345. The topological polar surface area (TPSA) is 77.1 Å². The lowest BCUT2D eigenvalue weighted by molar-refractivity contribution is -0.150. The van der Waals surface area contributed by atoms with Crippen LogP contribution in [0.1, 0.15) is 37.2 Å². The molecular formula is C23H31N3O3Si. The van der Waals surface area contributed by atoms with Gasteiger partial charge < -0.3 is 9.47 Å². The normalized spacial score (nSPS) is 13.3. The summed E-state index contributed by atoms with van der Waals surface area (Å²) in [6.07, 6.45) is -0.391. The molecule has 7 heteroatoms. The highest BCUT2D eigenvalue weighted by Crippen LogP contribution is 2.30. The zero-order chi connectivity index (χ0) is 22.5. The van der Waals surface area contributed by atoms with Crippen LogP contribution in [-0.2, 0) is 20.8 Å². The van der Waals surface area contributed by atoms with Gasteiger partial charge >= 0.3 is 5.97 Å². The Morgan fingerprint density at radius 1 is 1.23 bits per heavy atom. The Bertz CT molecular complexity index is 963. The number of carbonyl (C=O) groups excluding carboxylic acids is 1. The number of nitrogens with zero attached hydrogens (tertiary/aromatic N) is 3. The number of esters is 1. The van der Waals surface area contributed by atoms with E-state index >= 15 is 0 Å². The first-order chi connectivity index (χ1) is 14.2. The van der Waals surface area contributed by atoms with Crippen LogP contribution in [0.15, 0.2) is 30.3 Å². The summed E-state index contributed by atoms with van der Waals surface area (Å²) < 4.78 is 12.8. The van der Waals surface area contributed by atoms with Crippen molar-refractivity contribution >= 4 is 30.6 Å². The molecule has 0 aliphatic carbocycles. The molecule has 1 aromatic carbocycles. The molecule has 0 bridgehead atoms. The maximum absolute atomic E-state index is 12.2. The summed E-state index contributed by atoms with van der Waals surface area (Å²) in [4.78, 5) is 12.2. The Morgan fingerprint density at radius 2 is 1.87 bits per heavy atom. The quantitative estimate of drug-likeness (QED) is 0.275. The van der Waals surface area contributed by atoms with E-state index in [1.807, 2.05) is 39.0 Å². The molecule has 6 nitrogen and oxygen atoms in total. The van der Waals surface area contributed by atoms with Crippen LogP contribution in [0.2, 0.25) is 19.6 Å². The molecule has 160 valence electrons. The van der Waals surface area contributed by atoms with Gasteiger partial charge in [0.1, 0.15) is 17.3 Å². The molecule has 0 aliphatic heterocycles. The summed E-state index contributed by atoms with van der Waals surface area (Å²) in [6, 6.07) is 12.2.